The molecule has 1 aliphatic heterocycles. The number of anilines is 3. The summed E-state index contributed by atoms with van der Waals surface area (Å²) >= 11 is 0. The molecule has 8 heteroatoms. The van der Waals surface area contributed by atoms with Gasteiger partial charge in [-0.2, -0.15) is 0 Å². The highest BCUT2D eigenvalue weighted by Crippen LogP contribution is 2.31. The Kier molecular flexibility index (Phi) is 8.29. The molecule has 0 radical (unpaired) electrons. The van der Waals surface area contributed by atoms with Crippen molar-refractivity contribution in [3.05, 3.63) is 102 Å². The molecule has 1 aliphatic carbocycles. The lowest BCUT2D eigenvalue weighted by atomic mass is 9.85. The molecule has 0 saturated heterocycles. The molecule has 3 amide bonds. The summed E-state index contributed by atoms with van der Waals surface area (Å²) in [4.78, 5) is 58.5. The van der Waals surface area contributed by atoms with E-state index in [1.807, 2.05) is 73.6 Å². The number of benzene rings is 3. The number of hydrogen-bond donors (Lipinski definition) is 1. The predicted molar refractivity (Wildman–Crippen MR) is 160 cm³/mol. The van der Waals surface area contributed by atoms with Gasteiger partial charge in [0.2, 0.25) is 11.8 Å². The molecule has 210 valence electrons. The standard InChI is InChI=1S/C33H34N4O4/c1-35(2)26-19-17-25(18-20-26)34-32(40)30(24-13-7-4-8-14-24)37(21-23-11-5-3-6-12-23)29(38)22-36-28-16-10-9-15-27(28)31(39)33(36)41/h3-7,9-12,15-20,24,30H,8,13-14,21-22H2,1-2H3,(H,34,40)/t24-,30-/m1/s1. The van der Waals surface area contributed by atoms with Gasteiger partial charge in [0, 0.05) is 32.0 Å². The van der Waals surface area contributed by atoms with E-state index in [9.17, 15) is 19.2 Å². The Balaban J connectivity index is 1.48. The normalized spacial score (nSPS) is 16.7. The van der Waals surface area contributed by atoms with Gasteiger partial charge < -0.3 is 15.1 Å². The average Bonchev–Trinajstić information content (AvgIpc) is 3.23. The van der Waals surface area contributed by atoms with Crippen LogP contribution >= 0.6 is 0 Å². The molecule has 1 heterocycles. The summed E-state index contributed by atoms with van der Waals surface area (Å²) in [6.45, 7) is -0.145. The van der Waals surface area contributed by atoms with Gasteiger partial charge in [0.05, 0.1) is 11.3 Å². The molecule has 0 saturated carbocycles. The summed E-state index contributed by atoms with van der Waals surface area (Å²) in [7, 11) is 3.90. The molecular formula is C33H34N4O4. The number of carbonyl (C=O) groups is 4. The number of fused-ring (bicyclic) bond motifs is 1. The fourth-order valence-corrected chi connectivity index (χ4v) is 5.53. The molecule has 0 fully saturated rings. The van der Waals surface area contributed by atoms with Gasteiger partial charge in [-0.25, -0.2) is 0 Å². The van der Waals surface area contributed by atoms with Crippen LogP contribution in [-0.2, 0) is 20.9 Å². The summed E-state index contributed by atoms with van der Waals surface area (Å²) in [5.74, 6) is -2.16. The zero-order valence-electron chi connectivity index (χ0n) is 23.3. The number of nitrogens with one attached hydrogen (secondary N) is 1. The Labute approximate surface area is 240 Å². The van der Waals surface area contributed by atoms with Crippen molar-refractivity contribution in [2.24, 2.45) is 5.92 Å². The number of rotatable bonds is 9. The number of para-hydroxylation sites is 1. The summed E-state index contributed by atoms with van der Waals surface area (Å²) in [5.41, 5.74) is 3.21. The van der Waals surface area contributed by atoms with E-state index < -0.39 is 23.6 Å². The maximum atomic E-state index is 14.1. The molecule has 8 nitrogen and oxygen atoms in total. The fraction of sp³-hybridized carbons (Fsp3) is 0.273. The Bertz CT molecular complexity index is 1470. The first-order chi connectivity index (χ1) is 19.8. The zero-order valence-corrected chi connectivity index (χ0v) is 23.3. The third-order valence-corrected chi connectivity index (χ3v) is 7.70. The fourth-order valence-electron chi connectivity index (χ4n) is 5.53. The van der Waals surface area contributed by atoms with Crippen molar-refractivity contribution < 1.29 is 19.2 Å². The maximum Gasteiger partial charge on any atom is 0.299 e. The zero-order chi connectivity index (χ0) is 28.9. The van der Waals surface area contributed by atoms with Gasteiger partial charge in [0.25, 0.3) is 11.7 Å². The minimum Gasteiger partial charge on any atom is -0.378 e. The molecule has 0 aromatic heterocycles. The molecule has 5 rings (SSSR count). The lowest BCUT2D eigenvalue weighted by molar-refractivity contribution is -0.140. The van der Waals surface area contributed by atoms with E-state index >= 15 is 0 Å². The molecule has 2 atom stereocenters. The lowest BCUT2D eigenvalue weighted by Crippen LogP contribution is -2.54. The Morgan fingerprint density at radius 1 is 0.927 bits per heavy atom. The number of allylic oxidation sites excluding steroid dienone is 2. The first-order valence-electron chi connectivity index (χ1n) is 13.9. The van der Waals surface area contributed by atoms with E-state index in [4.69, 9.17) is 0 Å². The van der Waals surface area contributed by atoms with E-state index in [0.717, 1.165) is 24.1 Å². The quantitative estimate of drug-likeness (QED) is 0.309. The summed E-state index contributed by atoms with van der Waals surface area (Å²) in [5, 5.41) is 3.04. The largest absolute Gasteiger partial charge is 0.378 e. The van der Waals surface area contributed by atoms with Gasteiger partial charge in [-0.15, -0.1) is 0 Å². The van der Waals surface area contributed by atoms with E-state index in [-0.39, 0.29) is 30.5 Å². The van der Waals surface area contributed by atoms with Gasteiger partial charge in [-0.3, -0.25) is 24.1 Å². The van der Waals surface area contributed by atoms with Crippen LogP contribution in [0.4, 0.5) is 17.1 Å². The molecule has 3 aromatic carbocycles. The first-order valence-corrected chi connectivity index (χ1v) is 13.9. The van der Waals surface area contributed by atoms with Crippen LogP contribution < -0.4 is 15.1 Å². The second kappa shape index (κ2) is 12.2. The van der Waals surface area contributed by atoms with Gasteiger partial charge in [0.1, 0.15) is 12.6 Å². The Morgan fingerprint density at radius 3 is 2.32 bits per heavy atom. The van der Waals surface area contributed by atoms with Crippen molar-refractivity contribution in [2.45, 2.75) is 31.8 Å². The van der Waals surface area contributed by atoms with Crippen LogP contribution in [0.2, 0.25) is 0 Å². The van der Waals surface area contributed by atoms with Crippen LogP contribution in [0.25, 0.3) is 0 Å². The number of Topliss-reactive ketones (excluding diaryl/α,β-unsaturated/α-hetero) is 1. The highest BCUT2D eigenvalue weighted by molar-refractivity contribution is 6.52. The number of ketones is 1. The highest BCUT2D eigenvalue weighted by atomic mass is 16.2. The SMILES string of the molecule is CN(C)c1ccc(NC(=O)[C@@H]([C@@H]2CC=CCC2)N(Cc2ccccc2)C(=O)CN2C(=O)C(=O)c3ccccc32)cc1. The predicted octanol–water partition coefficient (Wildman–Crippen LogP) is 4.67. The van der Waals surface area contributed by atoms with Crippen molar-refractivity contribution in [1.82, 2.24) is 4.90 Å². The van der Waals surface area contributed by atoms with E-state index in [1.54, 1.807) is 29.2 Å². The maximum absolute atomic E-state index is 14.1. The minimum atomic E-state index is -0.787. The van der Waals surface area contributed by atoms with Gasteiger partial charge >= 0.3 is 0 Å². The summed E-state index contributed by atoms with van der Waals surface area (Å²) < 4.78 is 0. The average molecular weight is 551 g/mol. The van der Waals surface area contributed by atoms with Crippen LogP contribution in [0.3, 0.4) is 0 Å². The van der Waals surface area contributed by atoms with Crippen molar-refractivity contribution in [1.29, 1.82) is 0 Å². The smallest absolute Gasteiger partial charge is 0.299 e. The van der Waals surface area contributed by atoms with Crippen LogP contribution in [0.15, 0.2) is 91.0 Å². The van der Waals surface area contributed by atoms with Gasteiger partial charge in [-0.1, -0.05) is 54.6 Å². The number of amides is 3. The highest BCUT2D eigenvalue weighted by Gasteiger charge is 2.41. The first kappa shape index (κ1) is 27.8. The van der Waals surface area contributed by atoms with E-state index in [2.05, 4.69) is 17.5 Å². The molecule has 41 heavy (non-hydrogen) atoms. The monoisotopic (exact) mass is 550 g/mol. The molecule has 0 spiro atoms. The second-order valence-electron chi connectivity index (χ2n) is 10.7. The van der Waals surface area contributed by atoms with Crippen molar-refractivity contribution in [2.75, 3.05) is 35.8 Å². The Hall–Kier alpha value is -4.72. The van der Waals surface area contributed by atoms with Gasteiger partial charge in [0.15, 0.2) is 0 Å². The lowest BCUT2D eigenvalue weighted by Gasteiger charge is -2.37. The van der Waals surface area contributed by atoms with E-state index in [1.165, 1.54) is 4.90 Å². The second-order valence-corrected chi connectivity index (χ2v) is 10.7. The van der Waals surface area contributed by atoms with Crippen molar-refractivity contribution in [3.8, 4) is 0 Å². The topological polar surface area (TPSA) is 90.0 Å². The summed E-state index contributed by atoms with van der Waals surface area (Å²) in [6.07, 6.45) is 6.37. The number of nitrogens with zero attached hydrogens (tertiary/aromatic N) is 3. The molecule has 1 N–H and O–H groups in total. The van der Waals surface area contributed by atoms with Crippen LogP contribution in [0, 0.1) is 5.92 Å². The number of carbonyl (C=O) groups excluding carboxylic acids is 4. The van der Waals surface area contributed by atoms with Crippen LogP contribution in [-0.4, -0.2) is 55.1 Å². The minimum absolute atomic E-state index is 0.114. The summed E-state index contributed by atoms with van der Waals surface area (Å²) in [6, 6.07) is 22.9. The molecule has 0 bridgehead atoms. The molecule has 3 aromatic rings. The van der Waals surface area contributed by atoms with Crippen molar-refractivity contribution in [3.63, 3.8) is 0 Å². The van der Waals surface area contributed by atoms with Crippen molar-refractivity contribution >= 4 is 40.6 Å². The third kappa shape index (κ3) is 6.06. The van der Waals surface area contributed by atoms with Crippen LogP contribution in [0.1, 0.15) is 35.2 Å². The van der Waals surface area contributed by atoms with Gasteiger partial charge in [-0.05, 0) is 67.1 Å². The molecule has 2 aliphatic rings. The van der Waals surface area contributed by atoms with E-state index in [0.29, 0.717) is 17.8 Å². The molecule has 0 unspecified atom stereocenters. The van der Waals surface area contributed by atoms with Crippen LogP contribution in [0.5, 0.6) is 0 Å². The third-order valence-electron chi connectivity index (χ3n) is 7.70. The number of hydrogen-bond acceptors (Lipinski definition) is 5. The molecular weight excluding hydrogens is 516 g/mol. The Morgan fingerprint density at radius 2 is 1.63 bits per heavy atom.